The van der Waals surface area contributed by atoms with E-state index < -0.39 is 18.3 Å². The molecule has 0 amide bonds. The third-order valence-corrected chi connectivity index (χ3v) is 3.04. The number of nitrogens with two attached hydrogens (primary N) is 1. The fourth-order valence-corrected chi connectivity index (χ4v) is 2.22. The first-order chi connectivity index (χ1) is 7.34. The fourth-order valence-electron chi connectivity index (χ4n) is 2.22. The smallest absolute Gasteiger partial charge is 0.381 e. The highest BCUT2D eigenvalue weighted by atomic mass is 19.4. The molecule has 1 aliphatic heterocycles. The van der Waals surface area contributed by atoms with Gasteiger partial charge in [-0.3, -0.25) is 4.90 Å². The van der Waals surface area contributed by atoms with Crippen LogP contribution in [0.2, 0.25) is 0 Å². The quantitative estimate of drug-likeness (QED) is 0.810. The maximum Gasteiger partial charge on any atom is 0.405 e. The molecule has 0 spiro atoms. The van der Waals surface area contributed by atoms with Crippen molar-refractivity contribution in [1.82, 2.24) is 4.90 Å². The minimum Gasteiger partial charge on any atom is -0.381 e. The molecule has 2 atom stereocenters. The maximum absolute atomic E-state index is 12.8. The number of hydrogen-bond donors (Lipinski definition) is 1. The summed E-state index contributed by atoms with van der Waals surface area (Å²) in [6.45, 7) is 2.45. The van der Waals surface area contributed by atoms with Crippen LogP contribution in [-0.2, 0) is 4.74 Å². The van der Waals surface area contributed by atoms with Crippen molar-refractivity contribution < 1.29 is 17.9 Å². The highest BCUT2D eigenvalue weighted by Gasteiger charge is 2.46. The topological polar surface area (TPSA) is 38.5 Å². The van der Waals surface area contributed by atoms with Crippen molar-refractivity contribution in [2.75, 3.05) is 20.3 Å². The van der Waals surface area contributed by atoms with Gasteiger partial charge >= 0.3 is 6.18 Å². The summed E-state index contributed by atoms with van der Waals surface area (Å²) in [5.74, 6) is 0. The predicted molar refractivity (Wildman–Crippen MR) is 55.1 cm³/mol. The number of nitrogens with zero attached hydrogens (tertiary/aromatic N) is 1. The van der Waals surface area contributed by atoms with Gasteiger partial charge in [-0.1, -0.05) is 0 Å². The summed E-state index contributed by atoms with van der Waals surface area (Å²) in [5.41, 5.74) is 5.44. The van der Waals surface area contributed by atoms with E-state index in [0.29, 0.717) is 26.1 Å². The van der Waals surface area contributed by atoms with Crippen molar-refractivity contribution in [3.05, 3.63) is 0 Å². The first-order valence-electron chi connectivity index (χ1n) is 5.46. The van der Waals surface area contributed by atoms with Gasteiger partial charge in [-0.2, -0.15) is 13.2 Å². The number of rotatable bonds is 3. The van der Waals surface area contributed by atoms with Crippen molar-refractivity contribution in [2.45, 2.75) is 44.1 Å². The Morgan fingerprint density at radius 1 is 1.31 bits per heavy atom. The van der Waals surface area contributed by atoms with Gasteiger partial charge < -0.3 is 10.5 Å². The lowest BCUT2D eigenvalue weighted by atomic mass is 10.0. The lowest BCUT2D eigenvalue weighted by Crippen LogP contribution is -2.57. The molecule has 0 radical (unpaired) electrons. The summed E-state index contributed by atoms with van der Waals surface area (Å²) in [5, 5.41) is 0. The second-order valence-electron chi connectivity index (χ2n) is 4.35. The van der Waals surface area contributed by atoms with E-state index in [4.69, 9.17) is 10.5 Å². The van der Waals surface area contributed by atoms with E-state index in [1.165, 1.54) is 18.9 Å². The molecular formula is C10H19F3N2O. The molecular weight excluding hydrogens is 221 g/mol. The van der Waals surface area contributed by atoms with E-state index in [2.05, 4.69) is 0 Å². The summed E-state index contributed by atoms with van der Waals surface area (Å²) >= 11 is 0. The first-order valence-corrected chi connectivity index (χ1v) is 5.46. The standard InChI is InChI=1S/C10H19F3N2O/c1-7(14)9(10(11,12)13)15(2)8-3-5-16-6-4-8/h7-9H,3-6,14H2,1-2H3. The minimum absolute atomic E-state index is 0.0913. The molecule has 0 aromatic carbocycles. The zero-order valence-electron chi connectivity index (χ0n) is 9.63. The second kappa shape index (κ2) is 5.33. The zero-order chi connectivity index (χ0) is 12.3. The Balaban J connectivity index is 2.70. The van der Waals surface area contributed by atoms with Crippen LogP contribution in [0, 0.1) is 0 Å². The van der Waals surface area contributed by atoms with Crippen molar-refractivity contribution >= 4 is 0 Å². The third kappa shape index (κ3) is 3.33. The van der Waals surface area contributed by atoms with Gasteiger partial charge in [0.15, 0.2) is 0 Å². The van der Waals surface area contributed by atoms with Crippen molar-refractivity contribution in [2.24, 2.45) is 5.73 Å². The molecule has 1 heterocycles. The molecule has 1 saturated heterocycles. The molecule has 96 valence electrons. The second-order valence-corrected chi connectivity index (χ2v) is 4.35. The monoisotopic (exact) mass is 240 g/mol. The number of hydrogen-bond acceptors (Lipinski definition) is 3. The van der Waals surface area contributed by atoms with E-state index in [1.54, 1.807) is 0 Å². The minimum atomic E-state index is -4.28. The molecule has 2 N–H and O–H groups in total. The van der Waals surface area contributed by atoms with Crippen LogP contribution in [0.5, 0.6) is 0 Å². The predicted octanol–water partition coefficient (Wildman–Crippen LogP) is 1.38. The number of likely N-dealkylation sites (N-methyl/N-ethyl adjacent to an activating group) is 1. The SMILES string of the molecule is CC(N)C(N(C)C1CCOCC1)C(F)(F)F. The molecule has 2 unspecified atom stereocenters. The fraction of sp³-hybridized carbons (Fsp3) is 1.00. The molecule has 16 heavy (non-hydrogen) atoms. The van der Waals surface area contributed by atoms with Crippen LogP contribution >= 0.6 is 0 Å². The zero-order valence-corrected chi connectivity index (χ0v) is 9.63. The van der Waals surface area contributed by atoms with E-state index in [-0.39, 0.29) is 6.04 Å². The summed E-state index contributed by atoms with van der Waals surface area (Å²) in [7, 11) is 1.50. The molecule has 0 saturated carbocycles. The van der Waals surface area contributed by atoms with Crippen LogP contribution in [0.1, 0.15) is 19.8 Å². The number of halogens is 3. The van der Waals surface area contributed by atoms with Crippen molar-refractivity contribution in [3.63, 3.8) is 0 Å². The third-order valence-electron chi connectivity index (χ3n) is 3.04. The Morgan fingerprint density at radius 2 is 1.81 bits per heavy atom. The Morgan fingerprint density at radius 3 is 2.19 bits per heavy atom. The van der Waals surface area contributed by atoms with Gasteiger partial charge in [0.25, 0.3) is 0 Å². The van der Waals surface area contributed by atoms with Crippen LogP contribution in [0.3, 0.4) is 0 Å². The lowest BCUT2D eigenvalue weighted by Gasteiger charge is -2.39. The summed E-state index contributed by atoms with van der Waals surface area (Å²) in [6.07, 6.45) is -3.01. The van der Waals surface area contributed by atoms with Gasteiger partial charge in [-0.25, -0.2) is 0 Å². The van der Waals surface area contributed by atoms with Gasteiger partial charge in [0.2, 0.25) is 0 Å². The molecule has 1 rings (SSSR count). The molecule has 3 nitrogen and oxygen atoms in total. The van der Waals surface area contributed by atoms with E-state index >= 15 is 0 Å². The van der Waals surface area contributed by atoms with Gasteiger partial charge in [0.1, 0.15) is 6.04 Å². The van der Waals surface area contributed by atoms with Gasteiger partial charge in [0, 0.05) is 25.3 Å². The summed E-state index contributed by atoms with van der Waals surface area (Å²) in [4.78, 5) is 1.35. The highest BCUT2D eigenvalue weighted by molar-refractivity contribution is 4.88. The normalized spacial score (nSPS) is 23.4. The van der Waals surface area contributed by atoms with Gasteiger partial charge in [-0.15, -0.1) is 0 Å². The van der Waals surface area contributed by atoms with Crippen molar-refractivity contribution in [1.29, 1.82) is 0 Å². The van der Waals surface area contributed by atoms with E-state index in [0.717, 1.165) is 0 Å². The Bertz CT molecular complexity index is 215. The average Bonchev–Trinajstić information content (AvgIpc) is 2.16. The molecule has 0 aromatic heterocycles. The van der Waals surface area contributed by atoms with Crippen LogP contribution in [0.4, 0.5) is 13.2 Å². The Kier molecular flexibility index (Phi) is 4.58. The molecule has 0 aromatic rings. The summed E-state index contributed by atoms with van der Waals surface area (Å²) < 4.78 is 43.6. The first kappa shape index (κ1) is 13.7. The van der Waals surface area contributed by atoms with Gasteiger partial charge in [0.05, 0.1) is 0 Å². The van der Waals surface area contributed by atoms with Crippen molar-refractivity contribution in [3.8, 4) is 0 Å². The molecule has 0 aliphatic carbocycles. The molecule has 1 fully saturated rings. The largest absolute Gasteiger partial charge is 0.405 e. The van der Waals surface area contributed by atoms with Crippen LogP contribution in [-0.4, -0.2) is 49.5 Å². The molecule has 1 aliphatic rings. The van der Waals surface area contributed by atoms with Crippen LogP contribution in [0.25, 0.3) is 0 Å². The average molecular weight is 240 g/mol. The molecule has 0 bridgehead atoms. The van der Waals surface area contributed by atoms with E-state index in [9.17, 15) is 13.2 Å². The highest BCUT2D eigenvalue weighted by Crippen LogP contribution is 2.29. The molecule has 6 heteroatoms. The van der Waals surface area contributed by atoms with E-state index in [1.807, 2.05) is 0 Å². The number of alkyl halides is 3. The Hall–Kier alpha value is -0.330. The summed E-state index contributed by atoms with van der Waals surface area (Å²) in [6, 6.07) is -2.59. The number of ether oxygens (including phenoxy) is 1. The maximum atomic E-state index is 12.8. The lowest BCUT2D eigenvalue weighted by molar-refractivity contribution is -0.193. The van der Waals surface area contributed by atoms with Gasteiger partial charge in [-0.05, 0) is 26.8 Å². The van der Waals surface area contributed by atoms with Crippen LogP contribution in [0.15, 0.2) is 0 Å². The Labute approximate surface area is 93.7 Å². The van der Waals surface area contributed by atoms with Crippen LogP contribution < -0.4 is 5.73 Å².